The molecule has 116 valence electrons. The van der Waals surface area contributed by atoms with Gasteiger partial charge in [0.05, 0.1) is 11.1 Å². The normalized spacial score (nSPS) is 21.3. The fourth-order valence-corrected chi connectivity index (χ4v) is 2.50. The lowest BCUT2D eigenvalue weighted by atomic mass is 10.0. The summed E-state index contributed by atoms with van der Waals surface area (Å²) >= 11 is 6.07. The van der Waals surface area contributed by atoms with Crippen molar-refractivity contribution in [2.24, 2.45) is 5.92 Å². The van der Waals surface area contributed by atoms with Crippen LogP contribution < -0.4 is 10.6 Å². The minimum absolute atomic E-state index is 0.186. The molecule has 1 aromatic rings. The molecule has 0 spiro atoms. The molecule has 1 aliphatic heterocycles. The number of hydrogen-bond donors (Lipinski definition) is 2. The van der Waals surface area contributed by atoms with Crippen molar-refractivity contribution in [2.45, 2.75) is 32.8 Å². The number of anilines is 1. The fourth-order valence-electron chi connectivity index (χ4n) is 2.30. The summed E-state index contributed by atoms with van der Waals surface area (Å²) in [5.74, 6) is 0.789. The number of ether oxygens (including phenoxy) is 1. The molecular formula is C15H22ClN3O2. The monoisotopic (exact) mass is 311 g/mol. The zero-order chi connectivity index (χ0) is 15.2. The fraction of sp³-hybridized carbons (Fsp3) is 0.600. The summed E-state index contributed by atoms with van der Waals surface area (Å²) in [7, 11) is 0. The van der Waals surface area contributed by atoms with Crippen LogP contribution in [0, 0.1) is 5.92 Å². The Hall–Kier alpha value is -1.33. The predicted octanol–water partition coefficient (Wildman–Crippen LogP) is 2.71. The zero-order valence-corrected chi connectivity index (χ0v) is 13.2. The summed E-state index contributed by atoms with van der Waals surface area (Å²) in [6.45, 7) is 6.26. The molecule has 0 saturated carbocycles. The van der Waals surface area contributed by atoms with Crippen LogP contribution in [0.5, 0.6) is 0 Å². The van der Waals surface area contributed by atoms with E-state index in [1.807, 2.05) is 6.92 Å². The van der Waals surface area contributed by atoms with Crippen molar-refractivity contribution < 1.29 is 9.53 Å². The molecule has 2 unspecified atom stereocenters. The summed E-state index contributed by atoms with van der Waals surface area (Å²) < 4.78 is 5.49. The number of amides is 1. The van der Waals surface area contributed by atoms with Gasteiger partial charge in [-0.15, -0.1) is 0 Å². The maximum Gasteiger partial charge on any atom is 0.271 e. The SMILES string of the molecule is CCCNc1ccc(Cl)c(C(=O)NCC2CCOC2C)n1. The van der Waals surface area contributed by atoms with Gasteiger partial charge < -0.3 is 15.4 Å². The van der Waals surface area contributed by atoms with Crippen LogP contribution in [0.1, 0.15) is 37.2 Å². The molecule has 2 atom stereocenters. The van der Waals surface area contributed by atoms with E-state index in [9.17, 15) is 4.79 Å². The van der Waals surface area contributed by atoms with Crippen LogP contribution in [0.15, 0.2) is 12.1 Å². The van der Waals surface area contributed by atoms with Crippen LogP contribution in [0.3, 0.4) is 0 Å². The van der Waals surface area contributed by atoms with Gasteiger partial charge in [0.1, 0.15) is 11.5 Å². The Morgan fingerprint density at radius 1 is 1.52 bits per heavy atom. The number of nitrogens with one attached hydrogen (secondary N) is 2. The van der Waals surface area contributed by atoms with Crippen molar-refractivity contribution in [1.82, 2.24) is 10.3 Å². The van der Waals surface area contributed by atoms with E-state index in [4.69, 9.17) is 16.3 Å². The highest BCUT2D eigenvalue weighted by Gasteiger charge is 2.25. The summed E-state index contributed by atoms with van der Waals surface area (Å²) in [5.41, 5.74) is 0.268. The number of aromatic nitrogens is 1. The van der Waals surface area contributed by atoms with E-state index in [0.29, 0.717) is 23.3 Å². The quantitative estimate of drug-likeness (QED) is 0.848. The Kier molecular flexibility index (Phi) is 5.82. The van der Waals surface area contributed by atoms with Gasteiger partial charge in [-0.2, -0.15) is 0 Å². The van der Waals surface area contributed by atoms with Crippen LogP contribution in [0.2, 0.25) is 5.02 Å². The molecule has 1 amide bonds. The first-order valence-corrected chi connectivity index (χ1v) is 7.79. The molecule has 21 heavy (non-hydrogen) atoms. The van der Waals surface area contributed by atoms with Crippen LogP contribution in [-0.4, -0.2) is 36.7 Å². The van der Waals surface area contributed by atoms with E-state index in [-0.39, 0.29) is 17.7 Å². The maximum atomic E-state index is 12.2. The van der Waals surface area contributed by atoms with Crippen molar-refractivity contribution in [3.8, 4) is 0 Å². The Bertz CT molecular complexity index is 496. The Balaban J connectivity index is 1.97. The smallest absolute Gasteiger partial charge is 0.271 e. The molecule has 0 radical (unpaired) electrons. The van der Waals surface area contributed by atoms with E-state index in [0.717, 1.165) is 26.0 Å². The van der Waals surface area contributed by atoms with Crippen molar-refractivity contribution in [3.05, 3.63) is 22.8 Å². The molecule has 1 saturated heterocycles. The molecular weight excluding hydrogens is 290 g/mol. The number of carbonyl (C=O) groups excluding carboxylic acids is 1. The Morgan fingerprint density at radius 2 is 2.33 bits per heavy atom. The Morgan fingerprint density at radius 3 is 3.00 bits per heavy atom. The van der Waals surface area contributed by atoms with Gasteiger partial charge in [-0.05, 0) is 31.9 Å². The van der Waals surface area contributed by atoms with Crippen molar-refractivity contribution in [1.29, 1.82) is 0 Å². The van der Waals surface area contributed by atoms with Gasteiger partial charge in [0.25, 0.3) is 5.91 Å². The molecule has 2 rings (SSSR count). The standard InChI is InChI=1S/C15H22ClN3O2/c1-3-7-17-13-5-4-12(16)14(19-13)15(20)18-9-11-6-8-21-10(11)2/h4-5,10-11H,3,6-9H2,1-2H3,(H,17,19)(H,18,20). The number of carbonyl (C=O) groups is 1. The molecule has 0 bridgehead atoms. The molecule has 6 heteroatoms. The summed E-state index contributed by atoms with van der Waals surface area (Å²) in [5, 5.41) is 6.42. The highest BCUT2D eigenvalue weighted by atomic mass is 35.5. The van der Waals surface area contributed by atoms with E-state index in [2.05, 4.69) is 22.5 Å². The zero-order valence-electron chi connectivity index (χ0n) is 12.5. The van der Waals surface area contributed by atoms with Crippen LogP contribution >= 0.6 is 11.6 Å². The van der Waals surface area contributed by atoms with Crippen LogP contribution in [-0.2, 0) is 4.74 Å². The number of nitrogens with zero attached hydrogens (tertiary/aromatic N) is 1. The first-order chi connectivity index (χ1) is 10.1. The second-order valence-corrected chi connectivity index (χ2v) is 5.70. The third-order valence-electron chi connectivity index (χ3n) is 3.68. The number of hydrogen-bond acceptors (Lipinski definition) is 4. The van der Waals surface area contributed by atoms with E-state index in [1.54, 1.807) is 12.1 Å². The molecule has 2 heterocycles. The van der Waals surface area contributed by atoms with Crippen LogP contribution in [0.25, 0.3) is 0 Å². The molecule has 0 aromatic carbocycles. The van der Waals surface area contributed by atoms with Gasteiger partial charge in [0, 0.05) is 25.6 Å². The second kappa shape index (κ2) is 7.61. The average molecular weight is 312 g/mol. The third kappa shape index (κ3) is 4.32. The third-order valence-corrected chi connectivity index (χ3v) is 3.98. The number of pyridine rings is 1. The predicted molar refractivity (Wildman–Crippen MR) is 83.9 cm³/mol. The average Bonchev–Trinajstić information content (AvgIpc) is 2.89. The summed E-state index contributed by atoms with van der Waals surface area (Å²) in [6.07, 6.45) is 2.15. The molecule has 2 N–H and O–H groups in total. The molecule has 0 aliphatic carbocycles. The summed E-state index contributed by atoms with van der Waals surface area (Å²) in [4.78, 5) is 16.5. The minimum Gasteiger partial charge on any atom is -0.378 e. The largest absolute Gasteiger partial charge is 0.378 e. The molecule has 1 aromatic heterocycles. The van der Waals surface area contributed by atoms with E-state index in [1.165, 1.54) is 0 Å². The lowest BCUT2D eigenvalue weighted by molar-refractivity contribution is 0.0903. The van der Waals surface area contributed by atoms with Gasteiger partial charge in [0.2, 0.25) is 0 Å². The van der Waals surface area contributed by atoms with Gasteiger partial charge in [-0.3, -0.25) is 4.79 Å². The van der Waals surface area contributed by atoms with Gasteiger partial charge in [-0.1, -0.05) is 18.5 Å². The van der Waals surface area contributed by atoms with Gasteiger partial charge in [-0.25, -0.2) is 4.98 Å². The van der Waals surface area contributed by atoms with Gasteiger partial charge in [0.15, 0.2) is 0 Å². The lowest BCUT2D eigenvalue weighted by Gasteiger charge is -2.15. The van der Waals surface area contributed by atoms with Crippen molar-refractivity contribution in [3.63, 3.8) is 0 Å². The molecule has 1 fully saturated rings. The minimum atomic E-state index is -0.237. The Labute approximate surface area is 130 Å². The summed E-state index contributed by atoms with van der Waals surface area (Å²) in [6, 6.07) is 3.48. The first kappa shape index (κ1) is 16.0. The maximum absolute atomic E-state index is 12.2. The highest BCUT2D eigenvalue weighted by molar-refractivity contribution is 6.33. The topological polar surface area (TPSA) is 63.2 Å². The number of halogens is 1. The van der Waals surface area contributed by atoms with Crippen LogP contribution in [0.4, 0.5) is 5.82 Å². The van der Waals surface area contributed by atoms with Crippen molar-refractivity contribution >= 4 is 23.3 Å². The van der Waals surface area contributed by atoms with E-state index >= 15 is 0 Å². The second-order valence-electron chi connectivity index (χ2n) is 5.29. The lowest BCUT2D eigenvalue weighted by Crippen LogP contribution is -2.32. The van der Waals surface area contributed by atoms with Gasteiger partial charge >= 0.3 is 0 Å². The van der Waals surface area contributed by atoms with Crippen molar-refractivity contribution in [2.75, 3.05) is 25.0 Å². The molecule has 5 nitrogen and oxygen atoms in total. The van der Waals surface area contributed by atoms with E-state index < -0.39 is 0 Å². The molecule has 1 aliphatic rings. The number of rotatable bonds is 6. The highest BCUT2D eigenvalue weighted by Crippen LogP contribution is 2.20. The first-order valence-electron chi connectivity index (χ1n) is 7.42.